The molecule has 0 radical (unpaired) electrons. The number of anilines is 1. The fraction of sp³-hybridized carbons (Fsp3) is 0.462. The number of halogens is 3. The van der Waals surface area contributed by atoms with Gasteiger partial charge in [-0.15, -0.1) is 0 Å². The molecule has 0 bridgehead atoms. The molecule has 0 aliphatic carbocycles. The molecule has 4 nitrogen and oxygen atoms in total. The van der Waals surface area contributed by atoms with Crippen LogP contribution in [0.2, 0.25) is 0 Å². The van der Waals surface area contributed by atoms with E-state index >= 15 is 0 Å². The van der Waals surface area contributed by atoms with E-state index in [4.69, 9.17) is 5.73 Å². The van der Waals surface area contributed by atoms with Gasteiger partial charge in [-0.25, -0.2) is 4.98 Å². The fourth-order valence-electron chi connectivity index (χ4n) is 2.16. The summed E-state index contributed by atoms with van der Waals surface area (Å²) in [7, 11) is 0. The van der Waals surface area contributed by atoms with Crippen molar-refractivity contribution < 1.29 is 18.3 Å². The fourth-order valence-corrected chi connectivity index (χ4v) is 2.16. The summed E-state index contributed by atoms with van der Waals surface area (Å²) in [6.45, 7) is 1.69. The first-order valence-corrected chi connectivity index (χ1v) is 6.28. The van der Waals surface area contributed by atoms with Crippen molar-refractivity contribution in [2.24, 2.45) is 0 Å². The Morgan fingerprint density at radius 2 is 2.10 bits per heavy atom. The van der Waals surface area contributed by atoms with Crippen molar-refractivity contribution in [3.8, 4) is 0 Å². The van der Waals surface area contributed by atoms with Gasteiger partial charge in [0.2, 0.25) is 0 Å². The van der Waals surface area contributed by atoms with E-state index in [2.05, 4.69) is 4.98 Å². The zero-order valence-corrected chi connectivity index (χ0v) is 11.0. The molecule has 0 aliphatic heterocycles. The first kappa shape index (κ1) is 14.6. The number of fused-ring (bicyclic) bond motifs is 1. The number of aromatic nitrogens is 2. The lowest BCUT2D eigenvalue weighted by Gasteiger charge is -2.12. The number of nitrogens with zero attached hydrogens (tertiary/aromatic N) is 2. The van der Waals surface area contributed by atoms with Gasteiger partial charge in [-0.2, -0.15) is 13.2 Å². The largest absolute Gasteiger partial charge is 0.399 e. The maximum atomic E-state index is 12.2. The molecule has 0 amide bonds. The molecule has 1 atom stereocenters. The third-order valence-corrected chi connectivity index (χ3v) is 3.02. The number of hydrogen-bond acceptors (Lipinski definition) is 3. The lowest BCUT2D eigenvalue weighted by Crippen LogP contribution is -2.11. The van der Waals surface area contributed by atoms with E-state index in [0.29, 0.717) is 22.5 Å². The molecule has 20 heavy (non-hydrogen) atoms. The summed E-state index contributed by atoms with van der Waals surface area (Å²) < 4.78 is 38.3. The third kappa shape index (κ3) is 3.22. The average Bonchev–Trinajstić information content (AvgIpc) is 2.66. The Bertz CT molecular complexity index is 605. The summed E-state index contributed by atoms with van der Waals surface area (Å²) in [6.07, 6.45) is -5.94. The van der Waals surface area contributed by atoms with Crippen LogP contribution in [0.4, 0.5) is 18.9 Å². The van der Waals surface area contributed by atoms with Gasteiger partial charge in [-0.1, -0.05) is 0 Å². The number of benzene rings is 1. The number of nitrogen functional groups attached to an aromatic ring is 1. The molecular formula is C13H16F3N3O. The van der Waals surface area contributed by atoms with Gasteiger partial charge < -0.3 is 15.4 Å². The van der Waals surface area contributed by atoms with Crippen molar-refractivity contribution in [3.05, 3.63) is 24.0 Å². The zero-order chi connectivity index (χ0) is 14.9. The summed E-state index contributed by atoms with van der Waals surface area (Å²) in [5.74, 6) is 0.354. The highest BCUT2D eigenvalue weighted by molar-refractivity contribution is 5.79. The van der Waals surface area contributed by atoms with Crippen LogP contribution in [-0.4, -0.2) is 20.8 Å². The molecule has 3 N–H and O–H groups in total. The van der Waals surface area contributed by atoms with Crippen molar-refractivity contribution in [3.63, 3.8) is 0 Å². The van der Waals surface area contributed by atoms with E-state index < -0.39 is 18.7 Å². The number of rotatable bonds is 4. The summed E-state index contributed by atoms with van der Waals surface area (Å²) in [5.41, 5.74) is 7.43. The number of nitrogens with two attached hydrogens (primary N) is 1. The molecule has 0 fully saturated rings. The number of imidazole rings is 1. The van der Waals surface area contributed by atoms with Gasteiger partial charge in [-0.05, 0) is 31.5 Å². The quantitative estimate of drug-likeness (QED) is 0.850. The van der Waals surface area contributed by atoms with Crippen LogP contribution in [0, 0.1) is 0 Å². The van der Waals surface area contributed by atoms with Crippen molar-refractivity contribution in [2.45, 2.75) is 38.6 Å². The number of aliphatic hydroxyl groups is 1. The number of hydrogen-bond donors (Lipinski definition) is 2. The minimum Gasteiger partial charge on any atom is -0.399 e. The summed E-state index contributed by atoms with van der Waals surface area (Å²) in [6, 6.07) is 5.01. The van der Waals surface area contributed by atoms with E-state index in [-0.39, 0.29) is 13.0 Å². The smallest absolute Gasteiger partial charge is 0.389 e. The van der Waals surface area contributed by atoms with E-state index in [0.717, 1.165) is 0 Å². The van der Waals surface area contributed by atoms with Crippen molar-refractivity contribution in [2.75, 3.05) is 5.73 Å². The Labute approximate surface area is 114 Å². The molecule has 7 heteroatoms. The summed E-state index contributed by atoms with van der Waals surface area (Å²) >= 11 is 0. The second kappa shape index (κ2) is 5.32. The monoisotopic (exact) mass is 287 g/mol. The van der Waals surface area contributed by atoms with E-state index in [1.54, 1.807) is 22.8 Å². The number of alkyl halides is 3. The van der Waals surface area contributed by atoms with Crippen LogP contribution in [0.3, 0.4) is 0 Å². The number of aryl methyl sites for hydroxylation is 1. The van der Waals surface area contributed by atoms with Gasteiger partial charge >= 0.3 is 6.18 Å². The summed E-state index contributed by atoms with van der Waals surface area (Å²) in [4.78, 5) is 4.24. The van der Waals surface area contributed by atoms with Gasteiger partial charge in [-0.3, -0.25) is 0 Å². The van der Waals surface area contributed by atoms with Gasteiger partial charge in [0.05, 0.1) is 11.0 Å². The second-order valence-electron chi connectivity index (χ2n) is 4.76. The van der Waals surface area contributed by atoms with Gasteiger partial charge in [0.15, 0.2) is 0 Å². The Kier molecular flexibility index (Phi) is 3.89. The van der Waals surface area contributed by atoms with Crippen molar-refractivity contribution in [1.29, 1.82) is 0 Å². The molecule has 2 rings (SSSR count). The van der Waals surface area contributed by atoms with Gasteiger partial charge in [0, 0.05) is 18.7 Å². The molecule has 1 aromatic heterocycles. The number of aliphatic hydroxyl groups excluding tert-OH is 1. The highest BCUT2D eigenvalue weighted by Crippen LogP contribution is 2.26. The van der Waals surface area contributed by atoms with Gasteiger partial charge in [0.25, 0.3) is 0 Å². The van der Waals surface area contributed by atoms with Gasteiger partial charge in [0.1, 0.15) is 11.9 Å². The van der Waals surface area contributed by atoms with E-state index in [1.165, 1.54) is 6.92 Å². The molecular weight excluding hydrogens is 271 g/mol. The van der Waals surface area contributed by atoms with Crippen LogP contribution in [0.5, 0.6) is 0 Å². The highest BCUT2D eigenvalue weighted by Gasteiger charge is 2.26. The molecule has 1 unspecified atom stereocenters. The first-order chi connectivity index (χ1) is 9.28. The zero-order valence-electron chi connectivity index (χ0n) is 11.0. The molecule has 1 heterocycles. The van der Waals surface area contributed by atoms with Crippen LogP contribution in [0.15, 0.2) is 18.2 Å². The lowest BCUT2D eigenvalue weighted by atomic mass is 10.2. The highest BCUT2D eigenvalue weighted by atomic mass is 19.4. The maximum Gasteiger partial charge on any atom is 0.389 e. The Morgan fingerprint density at radius 1 is 1.40 bits per heavy atom. The second-order valence-corrected chi connectivity index (χ2v) is 4.76. The minimum atomic E-state index is -4.17. The van der Waals surface area contributed by atoms with Crippen molar-refractivity contribution >= 4 is 16.7 Å². The maximum absolute atomic E-state index is 12.2. The van der Waals surface area contributed by atoms with Crippen molar-refractivity contribution in [1.82, 2.24) is 9.55 Å². The first-order valence-electron chi connectivity index (χ1n) is 6.28. The SMILES string of the molecule is CC(O)c1nc2cc(N)ccc2n1CCCC(F)(F)F. The predicted molar refractivity (Wildman–Crippen MR) is 70.1 cm³/mol. The van der Waals surface area contributed by atoms with Crippen LogP contribution < -0.4 is 5.73 Å². The molecule has 0 aliphatic rings. The minimum absolute atomic E-state index is 0.0565. The summed E-state index contributed by atoms with van der Waals surface area (Å²) in [5, 5.41) is 9.70. The molecule has 110 valence electrons. The molecule has 1 aromatic carbocycles. The van der Waals surface area contributed by atoms with Crippen LogP contribution >= 0.6 is 0 Å². The van der Waals surface area contributed by atoms with Crippen LogP contribution in [-0.2, 0) is 6.54 Å². The Balaban J connectivity index is 2.32. The molecule has 0 saturated heterocycles. The Hall–Kier alpha value is -1.76. The third-order valence-electron chi connectivity index (χ3n) is 3.02. The topological polar surface area (TPSA) is 64.1 Å². The predicted octanol–water partition coefficient (Wildman–Crippen LogP) is 3.01. The molecule has 0 spiro atoms. The van der Waals surface area contributed by atoms with E-state index in [1.807, 2.05) is 0 Å². The normalized spacial score (nSPS) is 13.8. The van der Waals surface area contributed by atoms with Crippen LogP contribution in [0.25, 0.3) is 11.0 Å². The molecule has 0 saturated carbocycles. The van der Waals surface area contributed by atoms with Crippen LogP contribution in [0.1, 0.15) is 31.7 Å². The average molecular weight is 287 g/mol. The standard InChI is InChI=1S/C13H16F3N3O/c1-8(20)12-18-10-7-9(17)3-4-11(10)19(12)6-2-5-13(14,15)16/h3-4,7-8,20H,2,5-6,17H2,1H3. The Morgan fingerprint density at radius 3 is 2.70 bits per heavy atom. The van der Waals surface area contributed by atoms with E-state index in [9.17, 15) is 18.3 Å². The lowest BCUT2D eigenvalue weighted by molar-refractivity contribution is -0.135. The molecule has 2 aromatic rings.